The van der Waals surface area contributed by atoms with Crippen molar-refractivity contribution in [1.82, 2.24) is 0 Å². The Morgan fingerprint density at radius 2 is 2.14 bits per heavy atom. The van der Waals surface area contributed by atoms with Gasteiger partial charge in [0.1, 0.15) is 18.0 Å². The summed E-state index contributed by atoms with van der Waals surface area (Å²) < 4.78 is 34.1. The summed E-state index contributed by atoms with van der Waals surface area (Å²) in [6.45, 7) is 2.08. The molecule has 21 heavy (non-hydrogen) atoms. The highest BCUT2D eigenvalue weighted by molar-refractivity contribution is 6.00. The van der Waals surface area contributed by atoms with Crippen LogP contribution in [0.1, 0.15) is 24.8 Å². The number of aliphatic hydroxyl groups is 1. The van der Waals surface area contributed by atoms with Crippen LogP contribution in [-0.4, -0.2) is 35.7 Å². The molecule has 1 aromatic carbocycles. The quantitative estimate of drug-likeness (QED) is 0.911. The average molecular weight is 297 g/mol. The summed E-state index contributed by atoms with van der Waals surface area (Å²) in [6.07, 6.45) is 0.423. The largest absolute Gasteiger partial charge is 0.490 e. The number of halogens is 2. The number of carbonyl (C=O) groups excluding carboxylic acids is 1. The second kappa shape index (κ2) is 4.66. The van der Waals surface area contributed by atoms with E-state index in [9.17, 15) is 18.7 Å². The van der Waals surface area contributed by atoms with Crippen LogP contribution in [0.2, 0.25) is 0 Å². The predicted molar refractivity (Wildman–Crippen MR) is 72.8 cm³/mol. The molecule has 1 saturated carbocycles. The Bertz CT molecular complexity index is 584. The number of ether oxygens (including phenoxy) is 1. The van der Waals surface area contributed by atoms with Gasteiger partial charge in [-0.05, 0) is 43.9 Å². The maximum absolute atomic E-state index is 14.3. The van der Waals surface area contributed by atoms with Crippen molar-refractivity contribution in [2.75, 3.05) is 18.1 Å². The smallest absolute Gasteiger partial charge is 0.352 e. The zero-order valence-corrected chi connectivity index (χ0v) is 11.7. The van der Waals surface area contributed by atoms with E-state index in [1.165, 1.54) is 0 Å². The van der Waals surface area contributed by atoms with Gasteiger partial charge in [-0.15, -0.1) is 0 Å². The molecule has 3 rings (SSSR count). The highest BCUT2D eigenvalue weighted by atomic mass is 19.3. The first-order valence-corrected chi connectivity index (χ1v) is 7.01. The van der Waals surface area contributed by atoms with Gasteiger partial charge in [-0.1, -0.05) is 6.07 Å². The van der Waals surface area contributed by atoms with Crippen molar-refractivity contribution in [2.24, 2.45) is 0 Å². The van der Waals surface area contributed by atoms with Gasteiger partial charge in [0, 0.05) is 0 Å². The maximum atomic E-state index is 14.3. The molecular formula is C15H17F2NO3. The fraction of sp³-hybridized carbons (Fsp3) is 0.533. The first-order chi connectivity index (χ1) is 9.85. The van der Waals surface area contributed by atoms with E-state index >= 15 is 0 Å². The molecular weight excluding hydrogens is 280 g/mol. The van der Waals surface area contributed by atoms with Crippen molar-refractivity contribution in [3.63, 3.8) is 0 Å². The summed E-state index contributed by atoms with van der Waals surface area (Å²) in [4.78, 5) is 13.3. The lowest BCUT2D eigenvalue weighted by Crippen LogP contribution is -2.62. The number of alkyl halides is 2. The van der Waals surface area contributed by atoms with Crippen LogP contribution in [0.25, 0.3) is 0 Å². The fourth-order valence-electron chi connectivity index (χ4n) is 2.73. The number of anilines is 1. The van der Waals surface area contributed by atoms with Crippen LogP contribution in [0.3, 0.4) is 0 Å². The van der Waals surface area contributed by atoms with Crippen molar-refractivity contribution >= 4 is 11.6 Å². The van der Waals surface area contributed by atoms with E-state index in [0.29, 0.717) is 17.9 Å². The van der Waals surface area contributed by atoms with Crippen LogP contribution in [0.4, 0.5) is 14.5 Å². The summed E-state index contributed by atoms with van der Waals surface area (Å²) in [6, 6.07) is 5.05. The molecule has 0 aromatic heterocycles. The molecule has 114 valence electrons. The molecule has 0 radical (unpaired) electrons. The number of fused-ring (bicyclic) bond motifs is 1. The van der Waals surface area contributed by atoms with E-state index in [1.807, 2.05) is 6.92 Å². The zero-order chi connectivity index (χ0) is 15.3. The molecule has 4 nitrogen and oxygen atoms in total. The Hall–Kier alpha value is -1.69. The monoisotopic (exact) mass is 297 g/mol. The molecule has 0 bridgehead atoms. The third-order valence-corrected chi connectivity index (χ3v) is 4.26. The summed E-state index contributed by atoms with van der Waals surface area (Å²) in [5, 5.41) is 9.90. The third-order valence-electron chi connectivity index (χ3n) is 4.26. The van der Waals surface area contributed by atoms with Gasteiger partial charge in [-0.2, -0.15) is 8.78 Å². The molecule has 1 fully saturated rings. The SMILES string of the molecule is Cc1ccc2c(c1)OCCN2C(=O)C(F)(F)C1(O)CCC1. The Morgan fingerprint density at radius 1 is 1.43 bits per heavy atom. The third kappa shape index (κ3) is 2.09. The van der Waals surface area contributed by atoms with E-state index in [1.54, 1.807) is 18.2 Å². The summed E-state index contributed by atoms with van der Waals surface area (Å²) in [5.74, 6) is -4.70. The van der Waals surface area contributed by atoms with Crippen molar-refractivity contribution in [2.45, 2.75) is 37.7 Å². The van der Waals surface area contributed by atoms with Crippen LogP contribution in [0.15, 0.2) is 18.2 Å². The van der Waals surface area contributed by atoms with Gasteiger partial charge < -0.3 is 14.7 Å². The predicted octanol–water partition coefficient (Wildman–Crippen LogP) is 2.27. The van der Waals surface area contributed by atoms with Gasteiger partial charge in [0.2, 0.25) is 0 Å². The molecule has 2 aliphatic rings. The molecule has 0 unspecified atom stereocenters. The summed E-state index contributed by atoms with van der Waals surface area (Å²) in [7, 11) is 0. The number of hydrogen-bond acceptors (Lipinski definition) is 3. The lowest BCUT2D eigenvalue weighted by Gasteiger charge is -2.43. The van der Waals surface area contributed by atoms with Crippen LogP contribution in [0.5, 0.6) is 5.75 Å². The standard InChI is InChI=1S/C15H17F2NO3/c1-10-3-4-11-12(9-10)21-8-7-18(11)13(19)15(16,17)14(20)5-2-6-14/h3-4,9,20H,2,5-8H2,1H3. The van der Waals surface area contributed by atoms with E-state index in [4.69, 9.17) is 4.74 Å². The molecule has 0 atom stereocenters. The van der Waals surface area contributed by atoms with Crippen molar-refractivity contribution < 1.29 is 23.4 Å². The lowest BCUT2D eigenvalue weighted by atomic mass is 9.75. The normalized spacial score (nSPS) is 20.3. The number of nitrogens with zero attached hydrogens (tertiary/aromatic N) is 1. The van der Waals surface area contributed by atoms with Crippen LogP contribution >= 0.6 is 0 Å². The van der Waals surface area contributed by atoms with Gasteiger partial charge in [-0.25, -0.2) is 0 Å². The molecule has 6 heteroatoms. The fourth-order valence-corrected chi connectivity index (χ4v) is 2.73. The molecule has 1 aliphatic heterocycles. The Balaban J connectivity index is 1.93. The number of benzene rings is 1. The number of amides is 1. The van der Waals surface area contributed by atoms with E-state index in [2.05, 4.69) is 0 Å². The summed E-state index contributed by atoms with van der Waals surface area (Å²) in [5.41, 5.74) is -0.945. The number of carbonyl (C=O) groups is 1. The topological polar surface area (TPSA) is 49.8 Å². The van der Waals surface area contributed by atoms with E-state index in [-0.39, 0.29) is 26.0 Å². The Kier molecular flexibility index (Phi) is 3.16. The summed E-state index contributed by atoms with van der Waals surface area (Å²) >= 11 is 0. The Labute approximate surface area is 121 Å². The molecule has 1 heterocycles. The molecule has 1 amide bonds. The molecule has 1 aliphatic carbocycles. The van der Waals surface area contributed by atoms with Gasteiger partial charge in [-0.3, -0.25) is 4.79 Å². The number of aryl methyl sites for hydroxylation is 1. The highest BCUT2D eigenvalue weighted by Crippen LogP contribution is 2.46. The zero-order valence-electron chi connectivity index (χ0n) is 11.7. The number of hydrogen-bond donors (Lipinski definition) is 1. The van der Waals surface area contributed by atoms with Crippen molar-refractivity contribution in [3.8, 4) is 5.75 Å². The first-order valence-electron chi connectivity index (χ1n) is 7.01. The second-order valence-electron chi connectivity index (χ2n) is 5.74. The van der Waals surface area contributed by atoms with Gasteiger partial charge >= 0.3 is 11.8 Å². The van der Waals surface area contributed by atoms with Gasteiger partial charge in [0.25, 0.3) is 0 Å². The van der Waals surface area contributed by atoms with Crippen LogP contribution in [-0.2, 0) is 4.79 Å². The molecule has 1 N–H and O–H groups in total. The minimum Gasteiger partial charge on any atom is -0.490 e. The minimum atomic E-state index is -3.77. The Morgan fingerprint density at radius 3 is 2.76 bits per heavy atom. The van der Waals surface area contributed by atoms with Gasteiger partial charge in [0.05, 0.1) is 12.2 Å². The van der Waals surface area contributed by atoms with E-state index in [0.717, 1.165) is 10.5 Å². The number of rotatable bonds is 2. The van der Waals surface area contributed by atoms with Gasteiger partial charge in [0.15, 0.2) is 0 Å². The van der Waals surface area contributed by atoms with E-state index < -0.39 is 17.4 Å². The molecule has 1 aromatic rings. The molecule has 0 saturated heterocycles. The lowest BCUT2D eigenvalue weighted by molar-refractivity contribution is -0.214. The minimum absolute atomic E-state index is 0.0448. The average Bonchev–Trinajstić information content (AvgIpc) is 2.42. The van der Waals surface area contributed by atoms with Crippen LogP contribution in [0, 0.1) is 6.92 Å². The highest BCUT2D eigenvalue weighted by Gasteiger charge is 2.62. The second-order valence-corrected chi connectivity index (χ2v) is 5.74. The van der Waals surface area contributed by atoms with Crippen LogP contribution < -0.4 is 9.64 Å². The molecule has 0 spiro atoms. The van der Waals surface area contributed by atoms with Crippen molar-refractivity contribution in [1.29, 1.82) is 0 Å². The maximum Gasteiger partial charge on any atom is 0.352 e. The van der Waals surface area contributed by atoms with Crippen molar-refractivity contribution in [3.05, 3.63) is 23.8 Å². The first kappa shape index (κ1) is 14.3.